The number of nitrogens with one attached hydrogen (secondary N) is 2. The number of anilines is 1. The molecule has 0 spiro atoms. The summed E-state index contributed by atoms with van der Waals surface area (Å²) in [5, 5.41) is 15.7. The number of hydrogen-bond acceptors (Lipinski definition) is 4. The van der Waals surface area contributed by atoms with Crippen molar-refractivity contribution in [3.63, 3.8) is 0 Å². The molecule has 1 fully saturated rings. The topological polar surface area (TPSA) is 78.4 Å². The predicted molar refractivity (Wildman–Crippen MR) is 74.2 cm³/mol. The average Bonchev–Trinajstić information content (AvgIpc) is 2.53. The summed E-state index contributed by atoms with van der Waals surface area (Å²) in [5.74, 6) is -0.302. The Bertz CT molecular complexity index is 530. The smallest absolute Gasteiger partial charge is 0.171 e. The third-order valence-corrected chi connectivity index (χ3v) is 4.61. The Kier molecular flexibility index (Phi) is 3.84. The second-order valence-corrected chi connectivity index (χ2v) is 6.78. The Morgan fingerprint density at radius 1 is 1.28 bits per heavy atom. The summed E-state index contributed by atoms with van der Waals surface area (Å²) in [7, 11) is -3.16. The Balaban J connectivity index is 1.93. The van der Waals surface area contributed by atoms with Crippen LogP contribution < -0.4 is 10.6 Å². The number of thiocarbonyl (C=S) groups is 1. The van der Waals surface area contributed by atoms with Crippen LogP contribution in [0, 0.1) is 0 Å². The van der Waals surface area contributed by atoms with Crippen molar-refractivity contribution in [3.05, 3.63) is 30.3 Å². The van der Waals surface area contributed by atoms with Crippen LogP contribution in [-0.2, 0) is 9.84 Å². The Labute approximate surface area is 111 Å². The standard InChI is InChI=1S/C11H14N2O3S2/c14-10-7-18(15,16)6-9(10)13-11(17)12-8-4-2-1-3-5-8/h1-5,9-10,14H,6-7H2,(H2,12,13,17)/t9-,10-/m0/s1. The van der Waals surface area contributed by atoms with Crippen LogP contribution >= 0.6 is 12.2 Å². The molecule has 0 saturated carbocycles. The second kappa shape index (κ2) is 5.21. The van der Waals surface area contributed by atoms with E-state index in [2.05, 4.69) is 10.6 Å². The average molecular weight is 286 g/mol. The first-order valence-corrected chi connectivity index (χ1v) is 7.70. The fourth-order valence-corrected chi connectivity index (χ4v) is 3.83. The third kappa shape index (κ3) is 3.41. The lowest BCUT2D eigenvalue weighted by Gasteiger charge is -2.17. The highest BCUT2D eigenvalue weighted by Crippen LogP contribution is 2.13. The molecule has 1 aromatic carbocycles. The van der Waals surface area contributed by atoms with Gasteiger partial charge in [0.1, 0.15) is 0 Å². The molecular formula is C11H14N2O3S2. The second-order valence-electron chi connectivity index (χ2n) is 4.22. The SMILES string of the molecule is O=S1(=O)C[C@H](NC(=S)Nc2ccccc2)[C@@H](O)C1. The first kappa shape index (κ1) is 13.3. The van der Waals surface area contributed by atoms with Gasteiger partial charge in [0, 0.05) is 5.69 Å². The largest absolute Gasteiger partial charge is 0.390 e. The number of para-hydroxylation sites is 1. The molecule has 3 N–H and O–H groups in total. The summed E-state index contributed by atoms with van der Waals surface area (Å²) >= 11 is 5.07. The Morgan fingerprint density at radius 3 is 2.50 bits per heavy atom. The first-order valence-electron chi connectivity index (χ1n) is 5.47. The van der Waals surface area contributed by atoms with E-state index in [0.717, 1.165) is 5.69 Å². The molecule has 0 radical (unpaired) electrons. The molecule has 0 aliphatic carbocycles. The van der Waals surface area contributed by atoms with Gasteiger partial charge in [0.05, 0.1) is 23.7 Å². The van der Waals surface area contributed by atoms with E-state index in [1.807, 2.05) is 30.3 Å². The van der Waals surface area contributed by atoms with Crippen molar-refractivity contribution in [1.29, 1.82) is 0 Å². The molecule has 7 heteroatoms. The van der Waals surface area contributed by atoms with Crippen LogP contribution in [0.2, 0.25) is 0 Å². The van der Waals surface area contributed by atoms with Gasteiger partial charge in [0.25, 0.3) is 0 Å². The molecule has 1 aromatic rings. The third-order valence-electron chi connectivity index (χ3n) is 2.67. The highest BCUT2D eigenvalue weighted by molar-refractivity contribution is 7.91. The van der Waals surface area contributed by atoms with Gasteiger partial charge in [-0.15, -0.1) is 0 Å². The van der Waals surface area contributed by atoms with Crippen LogP contribution in [0.3, 0.4) is 0 Å². The molecule has 0 bridgehead atoms. The van der Waals surface area contributed by atoms with E-state index >= 15 is 0 Å². The number of aliphatic hydroxyl groups excluding tert-OH is 1. The lowest BCUT2D eigenvalue weighted by Crippen LogP contribution is -2.44. The van der Waals surface area contributed by atoms with Gasteiger partial charge in [-0.25, -0.2) is 8.42 Å². The van der Waals surface area contributed by atoms with Crippen LogP contribution in [0.25, 0.3) is 0 Å². The molecule has 1 aliphatic heterocycles. The zero-order chi connectivity index (χ0) is 13.2. The highest BCUT2D eigenvalue weighted by Gasteiger charge is 2.36. The monoisotopic (exact) mass is 286 g/mol. The van der Waals surface area contributed by atoms with Crippen molar-refractivity contribution < 1.29 is 13.5 Å². The molecule has 18 heavy (non-hydrogen) atoms. The van der Waals surface area contributed by atoms with E-state index < -0.39 is 22.0 Å². The van der Waals surface area contributed by atoms with Gasteiger partial charge in [0.15, 0.2) is 14.9 Å². The van der Waals surface area contributed by atoms with Crippen LogP contribution in [0.4, 0.5) is 5.69 Å². The lowest BCUT2D eigenvalue weighted by atomic mass is 10.2. The maximum absolute atomic E-state index is 11.3. The summed E-state index contributed by atoms with van der Waals surface area (Å²) < 4.78 is 22.7. The maximum atomic E-state index is 11.3. The molecule has 1 aliphatic rings. The molecule has 2 atom stereocenters. The minimum Gasteiger partial charge on any atom is -0.390 e. The maximum Gasteiger partial charge on any atom is 0.171 e. The van der Waals surface area contributed by atoms with Crippen LogP contribution in [0.15, 0.2) is 30.3 Å². The zero-order valence-electron chi connectivity index (χ0n) is 9.54. The lowest BCUT2D eigenvalue weighted by molar-refractivity contribution is 0.175. The number of rotatable bonds is 2. The minimum absolute atomic E-state index is 0.0925. The van der Waals surface area contributed by atoms with Crippen molar-refractivity contribution in [3.8, 4) is 0 Å². The van der Waals surface area contributed by atoms with Crippen LogP contribution in [-0.4, -0.2) is 42.3 Å². The fraction of sp³-hybridized carbons (Fsp3) is 0.364. The minimum atomic E-state index is -3.16. The quantitative estimate of drug-likeness (QED) is 0.671. The first-order chi connectivity index (χ1) is 8.46. The van der Waals surface area contributed by atoms with E-state index in [-0.39, 0.29) is 11.5 Å². The van der Waals surface area contributed by atoms with Gasteiger partial charge in [-0.2, -0.15) is 0 Å². The van der Waals surface area contributed by atoms with Gasteiger partial charge in [-0.05, 0) is 24.4 Å². The van der Waals surface area contributed by atoms with Crippen molar-refractivity contribution in [1.82, 2.24) is 5.32 Å². The summed E-state index contributed by atoms with van der Waals surface area (Å²) in [4.78, 5) is 0. The predicted octanol–water partition coefficient (Wildman–Crippen LogP) is 0.131. The summed E-state index contributed by atoms with van der Waals surface area (Å²) in [5.41, 5.74) is 0.811. The Morgan fingerprint density at radius 2 is 1.94 bits per heavy atom. The molecule has 1 saturated heterocycles. The molecule has 98 valence electrons. The molecular weight excluding hydrogens is 272 g/mol. The Hall–Kier alpha value is -1.18. The molecule has 0 aromatic heterocycles. The van der Waals surface area contributed by atoms with Gasteiger partial charge in [0.2, 0.25) is 0 Å². The van der Waals surface area contributed by atoms with E-state index in [1.165, 1.54) is 0 Å². The van der Waals surface area contributed by atoms with E-state index in [4.69, 9.17) is 12.2 Å². The van der Waals surface area contributed by atoms with E-state index in [1.54, 1.807) is 0 Å². The molecule has 0 amide bonds. The molecule has 5 nitrogen and oxygen atoms in total. The fourth-order valence-electron chi connectivity index (χ4n) is 1.82. The van der Waals surface area contributed by atoms with E-state index in [0.29, 0.717) is 5.11 Å². The van der Waals surface area contributed by atoms with Gasteiger partial charge < -0.3 is 15.7 Å². The highest BCUT2D eigenvalue weighted by atomic mass is 32.2. The normalized spacial score (nSPS) is 25.6. The number of benzene rings is 1. The van der Waals surface area contributed by atoms with Gasteiger partial charge in [-0.3, -0.25) is 0 Å². The van der Waals surface area contributed by atoms with Crippen molar-refractivity contribution in [2.45, 2.75) is 12.1 Å². The van der Waals surface area contributed by atoms with Crippen molar-refractivity contribution in [2.75, 3.05) is 16.8 Å². The summed E-state index contributed by atoms with van der Waals surface area (Å²) in [6.07, 6.45) is -0.912. The number of aliphatic hydroxyl groups is 1. The molecule has 0 unspecified atom stereocenters. The number of hydrogen-bond donors (Lipinski definition) is 3. The van der Waals surface area contributed by atoms with Crippen LogP contribution in [0.1, 0.15) is 0 Å². The van der Waals surface area contributed by atoms with Gasteiger partial charge >= 0.3 is 0 Å². The number of sulfone groups is 1. The van der Waals surface area contributed by atoms with E-state index in [9.17, 15) is 13.5 Å². The van der Waals surface area contributed by atoms with Crippen molar-refractivity contribution >= 4 is 32.9 Å². The van der Waals surface area contributed by atoms with Crippen molar-refractivity contribution in [2.24, 2.45) is 0 Å². The molecule has 2 rings (SSSR count). The zero-order valence-corrected chi connectivity index (χ0v) is 11.2. The molecule has 1 heterocycles. The van der Waals surface area contributed by atoms with Crippen LogP contribution in [0.5, 0.6) is 0 Å². The van der Waals surface area contributed by atoms with Gasteiger partial charge in [-0.1, -0.05) is 18.2 Å². The summed E-state index contributed by atoms with van der Waals surface area (Å²) in [6, 6.07) is 8.75. The summed E-state index contributed by atoms with van der Waals surface area (Å²) in [6.45, 7) is 0.